The van der Waals surface area contributed by atoms with E-state index in [0.29, 0.717) is 5.56 Å². The molecule has 1 aliphatic rings. The van der Waals surface area contributed by atoms with Crippen molar-refractivity contribution in [3.8, 4) is 0 Å². The summed E-state index contributed by atoms with van der Waals surface area (Å²) in [7, 11) is 0. The lowest BCUT2D eigenvalue weighted by atomic mass is 9.97. The predicted molar refractivity (Wildman–Crippen MR) is 101 cm³/mol. The molecule has 0 bridgehead atoms. The van der Waals surface area contributed by atoms with E-state index in [4.69, 9.17) is 0 Å². The first-order valence-electron chi connectivity index (χ1n) is 9.41. The van der Waals surface area contributed by atoms with Crippen LogP contribution in [0.5, 0.6) is 0 Å². The van der Waals surface area contributed by atoms with E-state index < -0.39 is 0 Å². The molecule has 0 aliphatic heterocycles. The molecule has 1 aromatic heterocycles. The number of nitrogens with zero attached hydrogens (tertiary/aromatic N) is 2. The standard InChI is InChI=1S/C20H31N3O/c1-3-14-23(15-4-2)19-16-18(11-13-21-19)20(24)22-12-10-17-8-6-5-7-9-17/h8,11,13,16H,3-7,9-10,12,14-15H2,1-2H3,(H,22,24). The van der Waals surface area contributed by atoms with Crippen LogP contribution in [0, 0.1) is 0 Å². The molecule has 0 unspecified atom stereocenters. The van der Waals surface area contributed by atoms with Crippen molar-refractivity contribution in [3.63, 3.8) is 0 Å². The molecule has 132 valence electrons. The SMILES string of the molecule is CCCN(CCC)c1cc(C(=O)NCCC2=CCCCC2)ccn1. The second-order valence-electron chi connectivity index (χ2n) is 6.50. The monoisotopic (exact) mass is 329 g/mol. The second kappa shape index (κ2) is 10.1. The fourth-order valence-electron chi connectivity index (χ4n) is 3.18. The van der Waals surface area contributed by atoms with Crippen LogP contribution < -0.4 is 10.2 Å². The Balaban J connectivity index is 1.91. The van der Waals surface area contributed by atoms with Crippen LogP contribution in [-0.2, 0) is 0 Å². The number of nitrogens with one attached hydrogen (secondary N) is 1. The summed E-state index contributed by atoms with van der Waals surface area (Å²) in [6.07, 6.45) is 12.2. The minimum absolute atomic E-state index is 0.00278. The highest BCUT2D eigenvalue weighted by Crippen LogP contribution is 2.19. The quantitative estimate of drug-likeness (QED) is 0.686. The van der Waals surface area contributed by atoms with Gasteiger partial charge in [0.05, 0.1) is 0 Å². The van der Waals surface area contributed by atoms with Crippen LogP contribution in [0.2, 0.25) is 0 Å². The molecule has 0 spiro atoms. The second-order valence-corrected chi connectivity index (χ2v) is 6.50. The summed E-state index contributed by atoms with van der Waals surface area (Å²) in [5.41, 5.74) is 2.20. The van der Waals surface area contributed by atoms with Crippen molar-refractivity contribution >= 4 is 11.7 Å². The molecular weight excluding hydrogens is 298 g/mol. The first kappa shape index (κ1) is 18.5. The summed E-state index contributed by atoms with van der Waals surface area (Å²) in [6, 6.07) is 3.72. The maximum Gasteiger partial charge on any atom is 0.251 e. The molecular formula is C20H31N3O. The van der Waals surface area contributed by atoms with Crippen molar-refractivity contribution in [1.29, 1.82) is 0 Å². The van der Waals surface area contributed by atoms with Crippen LogP contribution in [-0.4, -0.2) is 30.5 Å². The van der Waals surface area contributed by atoms with Crippen LogP contribution in [0.1, 0.15) is 69.2 Å². The van der Waals surface area contributed by atoms with Crippen LogP contribution in [0.15, 0.2) is 30.0 Å². The van der Waals surface area contributed by atoms with Crippen LogP contribution in [0.4, 0.5) is 5.82 Å². The lowest BCUT2D eigenvalue weighted by Gasteiger charge is -2.22. The highest BCUT2D eigenvalue weighted by atomic mass is 16.1. The first-order chi connectivity index (χ1) is 11.7. The van der Waals surface area contributed by atoms with Crippen LogP contribution >= 0.6 is 0 Å². The number of anilines is 1. The van der Waals surface area contributed by atoms with Gasteiger partial charge in [-0.1, -0.05) is 25.5 Å². The molecule has 0 fully saturated rings. The zero-order valence-electron chi connectivity index (χ0n) is 15.2. The van der Waals surface area contributed by atoms with Gasteiger partial charge in [0.1, 0.15) is 5.82 Å². The van der Waals surface area contributed by atoms with Crippen LogP contribution in [0.25, 0.3) is 0 Å². The molecule has 1 amide bonds. The van der Waals surface area contributed by atoms with E-state index in [1.54, 1.807) is 12.3 Å². The van der Waals surface area contributed by atoms with Gasteiger partial charge < -0.3 is 10.2 Å². The van der Waals surface area contributed by atoms with Gasteiger partial charge >= 0.3 is 0 Å². The van der Waals surface area contributed by atoms with Gasteiger partial charge in [0.15, 0.2) is 0 Å². The Bertz CT molecular complexity index is 548. The van der Waals surface area contributed by atoms with Gasteiger partial charge in [0, 0.05) is 31.4 Å². The summed E-state index contributed by atoms with van der Waals surface area (Å²) in [6.45, 7) is 6.99. The number of aromatic nitrogens is 1. The first-order valence-corrected chi connectivity index (χ1v) is 9.41. The highest BCUT2D eigenvalue weighted by molar-refractivity contribution is 5.94. The third-order valence-corrected chi connectivity index (χ3v) is 4.44. The Morgan fingerprint density at radius 3 is 2.71 bits per heavy atom. The number of amides is 1. The number of rotatable bonds is 9. The van der Waals surface area contributed by atoms with E-state index in [0.717, 1.165) is 44.7 Å². The topological polar surface area (TPSA) is 45.2 Å². The van der Waals surface area contributed by atoms with Crippen molar-refractivity contribution in [3.05, 3.63) is 35.5 Å². The Labute approximate surface area is 146 Å². The lowest BCUT2D eigenvalue weighted by Crippen LogP contribution is -2.28. The van der Waals surface area contributed by atoms with E-state index in [9.17, 15) is 4.79 Å². The third kappa shape index (κ3) is 5.66. The minimum Gasteiger partial charge on any atom is -0.357 e. The molecule has 0 aromatic carbocycles. The molecule has 0 radical (unpaired) electrons. The van der Waals surface area contributed by atoms with Gasteiger partial charge in [0.2, 0.25) is 0 Å². The maximum atomic E-state index is 12.4. The fraction of sp³-hybridized carbons (Fsp3) is 0.600. The average Bonchev–Trinajstić information content (AvgIpc) is 2.62. The fourth-order valence-corrected chi connectivity index (χ4v) is 3.18. The van der Waals surface area contributed by atoms with Gasteiger partial charge in [-0.2, -0.15) is 0 Å². The number of allylic oxidation sites excluding steroid dienone is 1. The van der Waals surface area contributed by atoms with E-state index in [1.165, 1.54) is 31.3 Å². The molecule has 1 aliphatic carbocycles. The van der Waals surface area contributed by atoms with Crippen molar-refractivity contribution < 1.29 is 4.79 Å². The van der Waals surface area contributed by atoms with Crippen LogP contribution in [0.3, 0.4) is 0 Å². The normalized spacial score (nSPS) is 14.2. The van der Waals surface area contributed by atoms with Crippen molar-refractivity contribution in [2.75, 3.05) is 24.5 Å². The van der Waals surface area contributed by atoms with Crippen molar-refractivity contribution in [2.45, 2.75) is 58.8 Å². The number of hydrogen-bond donors (Lipinski definition) is 1. The minimum atomic E-state index is 0.00278. The molecule has 1 heterocycles. The highest BCUT2D eigenvalue weighted by Gasteiger charge is 2.11. The zero-order valence-corrected chi connectivity index (χ0v) is 15.2. The Kier molecular flexibility index (Phi) is 7.80. The zero-order chi connectivity index (χ0) is 17.2. The van der Waals surface area contributed by atoms with Crippen molar-refractivity contribution in [1.82, 2.24) is 10.3 Å². The number of pyridine rings is 1. The predicted octanol–water partition coefficient (Wildman–Crippen LogP) is 4.33. The van der Waals surface area contributed by atoms with Gasteiger partial charge in [-0.3, -0.25) is 4.79 Å². The molecule has 24 heavy (non-hydrogen) atoms. The smallest absolute Gasteiger partial charge is 0.251 e. The Morgan fingerprint density at radius 1 is 1.25 bits per heavy atom. The largest absolute Gasteiger partial charge is 0.357 e. The molecule has 4 nitrogen and oxygen atoms in total. The lowest BCUT2D eigenvalue weighted by molar-refractivity contribution is 0.0954. The maximum absolute atomic E-state index is 12.4. The number of carbonyl (C=O) groups is 1. The number of hydrogen-bond acceptors (Lipinski definition) is 3. The third-order valence-electron chi connectivity index (χ3n) is 4.44. The van der Waals surface area contributed by atoms with Gasteiger partial charge in [0.25, 0.3) is 5.91 Å². The van der Waals surface area contributed by atoms with Crippen molar-refractivity contribution in [2.24, 2.45) is 0 Å². The molecule has 1 aromatic rings. The molecule has 0 atom stereocenters. The van der Waals surface area contributed by atoms with E-state index in [1.807, 2.05) is 6.07 Å². The average molecular weight is 329 g/mol. The summed E-state index contributed by atoms with van der Waals surface area (Å²) in [5.74, 6) is 0.907. The number of carbonyl (C=O) groups excluding carboxylic acids is 1. The van der Waals surface area contributed by atoms with E-state index >= 15 is 0 Å². The Morgan fingerprint density at radius 2 is 2.04 bits per heavy atom. The molecule has 1 N–H and O–H groups in total. The Hall–Kier alpha value is -1.84. The van der Waals surface area contributed by atoms with E-state index in [2.05, 4.69) is 35.1 Å². The van der Waals surface area contributed by atoms with Gasteiger partial charge in [-0.05, 0) is 57.1 Å². The van der Waals surface area contributed by atoms with Gasteiger partial charge in [-0.15, -0.1) is 0 Å². The van der Waals surface area contributed by atoms with Gasteiger partial charge in [-0.25, -0.2) is 4.98 Å². The van der Waals surface area contributed by atoms with E-state index in [-0.39, 0.29) is 5.91 Å². The summed E-state index contributed by atoms with van der Waals surface area (Å²) < 4.78 is 0. The molecule has 0 saturated carbocycles. The molecule has 2 rings (SSSR count). The summed E-state index contributed by atoms with van der Waals surface area (Å²) in [4.78, 5) is 19.1. The molecule has 4 heteroatoms. The summed E-state index contributed by atoms with van der Waals surface area (Å²) in [5, 5.41) is 3.05. The molecule has 0 saturated heterocycles. The summed E-state index contributed by atoms with van der Waals surface area (Å²) >= 11 is 0.